The van der Waals surface area contributed by atoms with Gasteiger partial charge in [0.25, 0.3) is 0 Å². The summed E-state index contributed by atoms with van der Waals surface area (Å²) in [5, 5.41) is 10.1. The van der Waals surface area contributed by atoms with Gasteiger partial charge in [0.05, 0.1) is 6.10 Å². The number of nitrogen functional groups attached to an aromatic ring is 1. The summed E-state index contributed by atoms with van der Waals surface area (Å²) in [6.07, 6.45) is 1.91. The van der Waals surface area contributed by atoms with Gasteiger partial charge >= 0.3 is 0 Å². The summed E-state index contributed by atoms with van der Waals surface area (Å²) in [4.78, 5) is 11.5. The van der Waals surface area contributed by atoms with Crippen LogP contribution in [0.4, 0.5) is 11.6 Å². The maximum absolute atomic E-state index is 10.1. The molecule has 3 rings (SSSR count). The van der Waals surface area contributed by atoms with Crippen molar-refractivity contribution in [3.8, 4) is 0 Å². The lowest BCUT2D eigenvalue weighted by molar-refractivity contribution is 0.133. The maximum Gasteiger partial charge on any atom is 0.148 e. The Labute approximate surface area is 125 Å². The Bertz CT molecular complexity index is 533. The van der Waals surface area contributed by atoms with Crippen molar-refractivity contribution >= 4 is 11.6 Å². The largest absolute Gasteiger partial charge is 0.393 e. The Kier molecular flexibility index (Phi) is 3.75. The first-order valence-electron chi connectivity index (χ1n) is 7.79. The van der Waals surface area contributed by atoms with Gasteiger partial charge in [-0.3, -0.25) is 0 Å². The molecule has 0 radical (unpaired) electrons. The van der Waals surface area contributed by atoms with Crippen molar-refractivity contribution in [1.29, 1.82) is 0 Å². The second-order valence-corrected chi connectivity index (χ2v) is 6.65. The van der Waals surface area contributed by atoms with Crippen LogP contribution in [0.3, 0.4) is 0 Å². The predicted molar refractivity (Wildman–Crippen MR) is 83.1 cm³/mol. The molecular weight excluding hydrogens is 266 g/mol. The van der Waals surface area contributed by atoms with E-state index in [1.807, 2.05) is 6.92 Å². The van der Waals surface area contributed by atoms with Gasteiger partial charge in [0.1, 0.15) is 17.5 Å². The van der Waals surface area contributed by atoms with E-state index in [0.717, 1.165) is 43.1 Å². The molecule has 4 N–H and O–H groups in total. The Morgan fingerprint density at radius 3 is 2.67 bits per heavy atom. The molecule has 0 amide bonds. The fourth-order valence-corrected chi connectivity index (χ4v) is 3.64. The standard InChI is InChI=1S/C15H25N5O/c1-8(2)13-17-14(19-16)9(3)15(18-13)20-6-10-4-5-12(21)11(10)7-20/h8,10-12,21H,4-7,16H2,1-3H3,(H,17,18,19). The Hall–Kier alpha value is -1.40. The van der Waals surface area contributed by atoms with Gasteiger partial charge in [-0.1, -0.05) is 13.8 Å². The normalized spacial score (nSPS) is 28.3. The van der Waals surface area contributed by atoms with Crippen LogP contribution in [-0.4, -0.2) is 34.3 Å². The van der Waals surface area contributed by atoms with Gasteiger partial charge in [-0.15, -0.1) is 0 Å². The summed E-state index contributed by atoms with van der Waals surface area (Å²) in [5.41, 5.74) is 3.67. The molecule has 1 aliphatic carbocycles. The quantitative estimate of drug-likeness (QED) is 0.576. The molecule has 0 bridgehead atoms. The van der Waals surface area contributed by atoms with Gasteiger partial charge in [-0.25, -0.2) is 15.8 Å². The maximum atomic E-state index is 10.1. The van der Waals surface area contributed by atoms with Crippen LogP contribution in [0.1, 0.15) is 44.0 Å². The summed E-state index contributed by atoms with van der Waals surface area (Å²) in [5.74, 6) is 9.29. The van der Waals surface area contributed by atoms with Gasteiger partial charge < -0.3 is 15.4 Å². The van der Waals surface area contributed by atoms with Crippen molar-refractivity contribution in [3.05, 3.63) is 11.4 Å². The first-order chi connectivity index (χ1) is 10.0. The Balaban J connectivity index is 1.93. The highest BCUT2D eigenvalue weighted by molar-refractivity contribution is 5.59. The number of aliphatic hydroxyl groups excluding tert-OH is 1. The molecule has 6 nitrogen and oxygen atoms in total. The molecule has 6 heteroatoms. The number of nitrogens with two attached hydrogens (primary N) is 1. The molecule has 1 saturated heterocycles. The number of aliphatic hydroxyl groups is 1. The molecule has 21 heavy (non-hydrogen) atoms. The van der Waals surface area contributed by atoms with Gasteiger partial charge in [-0.2, -0.15) is 0 Å². The topological polar surface area (TPSA) is 87.3 Å². The van der Waals surface area contributed by atoms with Crippen LogP contribution in [-0.2, 0) is 0 Å². The van der Waals surface area contributed by atoms with Crippen molar-refractivity contribution in [2.75, 3.05) is 23.4 Å². The molecule has 0 aromatic carbocycles. The number of hydrogen-bond donors (Lipinski definition) is 3. The van der Waals surface area contributed by atoms with E-state index in [9.17, 15) is 5.11 Å². The molecule has 3 atom stereocenters. The average molecular weight is 291 g/mol. The molecule has 1 saturated carbocycles. The van der Waals surface area contributed by atoms with Crippen molar-refractivity contribution in [3.63, 3.8) is 0 Å². The fourth-order valence-electron chi connectivity index (χ4n) is 3.64. The minimum atomic E-state index is -0.154. The molecular formula is C15H25N5O. The van der Waals surface area contributed by atoms with Crippen molar-refractivity contribution in [1.82, 2.24) is 9.97 Å². The lowest BCUT2D eigenvalue weighted by atomic mass is 10.00. The van der Waals surface area contributed by atoms with Crippen molar-refractivity contribution in [2.24, 2.45) is 17.7 Å². The van der Waals surface area contributed by atoms with Crippen LogP contribution in [0.5, 0.6) is 0 Å². The van der Waals surface area contributed by atoms with E-state index in [2.05, 4.69) is 29.2 Å². The monoisotopic (exact) mass is 291 g/mol. The summed E-state index contributed by atoms with van der Waals surface area (Å²) in [6, 6.07) is 0. The zero-order valence-electron chi connectivity index (χ0n) is 13.0. The zero-order chi connectivity index (χ0) is 15.1. The van der Waals surface area contributed by atoms with Crippen LogP contribution in [0.2, 0.25) is 0 Å². The van der Waals surface area contributed by atoms with E-state index in [-0.39, 0.29) is 12.0 Å². The van der Waals surface area contributed by atoms with Crippen molar-refractivity contribution in [2.45, 2.75) is 45.6 Å². The van der Waals surface area contributed by atoms with Crippen LogP contribution < -0.4 is 16.2 Å². The number of nitrogens with one attached hydrogen (secondary N) is 1. The van der Waals surface area contributed by atoms with Crippen LogP contribution >= 0.6 is 0 Å². The molecule has 2 fully saturated rings. The van der Waals surface area contributed by atoms with Crippen molar-refractivity contribution < 1.29 is 5.11 Å². The molecule has 2 aliphatic rings. The lowest BCUT2D eigenvalue weighted by Gasteiger charge is -2.23. The second-order valence-electron chi connectivity index (χ2n) is 6.65. The lowest BCUT2D eigenvalue weighted by Crippen LogP contribution is -2.27. The van der Waals surface area contributed by atoms with Crippen LogP contribution in [0, 0.1) is 18.8 Å². The third-order valence-corrected chi connectivity index (χ3v) is 4.91. The van der Waals surface area contributed by atoms with Crippen LogP contribution in [0.25, 0.3) is 0 Å². The predicted octanol–water partition coefficient (Wildman–Crippen LogP) is 1.40. The average Bonchev–Trinajstić information content (AvgIpc) is 3.01. The van der Waals surface area contributed by atoms with Gasteiger partial charge in [0, 0.05) is 30.5 Å². The number of hydrogen-bond acceptors (Lipinski definition) is 6. The summed E-state index contributed by atoms with van der Waals surface area (Å²) < 4.78 is 0. The second kappa shape index (κ2) is 5.42. The number of fused-ring (bicyclic) bond motifs is 1. The van der Waals surface area contributed by atoms with E-state index in [4.69, 9.17) is 10.8 Å². The number of aromatic nitrogens is 2. The third-order valence-electron chi connectivity index (χ3n) is 4.91. The molecule has 116 valence electrons. The van der Waals surface area contributed by atoms with Crippen LogP contribution in [0.15, 0.2) is 0 Å². The number of rotatable bonds is 3. The summed E-state index contributed by atoms with van der Waals surface area (Å²) >= 11 is 0. The van der Waals surface area contributed by atoms with Gasteiger partial charge in [-0.05, 0) is 25.7 Å². The first kappa shape index (κ1) is 14.5. The highest BCUT2D eigenvalue weighted by Gasteiger charge is 2.42. The SMILES string of the molecule is Cc1c(NN)nc(C(C)C)nc1N1CC2CCC(O)C2C1. The highest BCUT2D eigenvalue weighted by atomic mass is 16.3. The first-order valence-corrected chi connectivity index (χ1v) is 7.79. The minimum absolute atomic E-state index is 0.154. The summed E-state index contributed by atoms with van der Waals surface area (Å²) in [7, 11) is 0. The molecule has 1 aromatic heterocycles. The van der Waals surface area contributed by atoms with Gasteiger partial charge in [0.2, 0.25) is 0 Å². The number of hydrazine groups is 1. The number of nitrogens with zero attached hydrogens (tertiary/aromatic N) is 3. The molecule has 1 aromatic rings. The Morgan fingerprint density at radius 1 is 1.29 bits per heavy atom. The third kappa shape index (κ3) is 2.46. The Morgan fingerprint density at radius 2 is 2.05 bits per heavy atom. The zero-order valence-corrected chi connectivity index (χ0v) is 13.0. The fraction of sp³-hybridized carbons (Fsp3) is 0.733. The molecule has 3 unspecified atom stereocenters. The van der Waals surface area contributed by atoms with E-state index in [1.165, 1.54) is 0 Å². The van der Waals surface area contributed by atoms with E-state index < -0.39 is 0 Å². The number of anilines is 2. The molecule has 2 heterocycles. The van der Waals surface area contributed by atoms with E-state index in [1.54, 1.807) is 0 Å². The minimum Gasteiger partial charge on any atom is -0.393 e. The summed E-state index contributed by atoms with van der Waals surface area (Å²) in [6.45, 7) is 8.01. The highest BCUT2D eigenvalue weighted by Crippen LogP contribution is 2.40. The smallest absolute Gasteiger partial charge is 0.148 e. The molecule has 0 spiro atoms. The van der Waals surface area contributed by atoms with E-state index in [0.29, 0.717) is 17.7 Å². The molecule has 1 aliphatic heterocycles. The van der Waals surface area contributed by atoms with Gasteiger partial charge in [0.15, 0.2) is 0 Å². The van der Waals surface area contributed by atoms with E-state index >= 15 is 0 Å².